The number of primary amides is 1. The molecule has 1 rings (SSSR count). The van der Waals surface area contributed by atoms with E-state index in [-0.39, 0.29) is 35.8 Å². The maximum atomic E-state index is 12.1. The number of thioether (sulfide) groups is 1. The molecule has 142 valence electrons. The minimum absolute atomic E-state index is 0.105. The highest BCUT2D eigenvalue weighted by molar-refractivity contribution is 7.99. The first kappa shape index (κ1) is 21.7. The summed E-state index contributed by atoms with van der Waals surface area (Å²) >= 11 is 1.29. The summed E-state index contributed by atoms with van der Waals surface area (Å²) < 4.78 is 0. The van der Waals surface area contributed by atoms with Gasteiger partial charge < -0.3 is 16.4 Å². The SMILES string of the molecule is CC(=O)C(Cc1ccccc1)NC(=O)CSCC(C)C(=O)NCC(N)=O. The molecule has 0 aliphatic heterocycles. The van der Waals surface area contributed by atoms with Crippen molar-refractivity contribution in [1.82, 2.24) is 10.6 Å². The van der Waals surface area contributed by atoms with Crippen molar-refractivity contribution in [3.8, 4) is 0 Å². The number of benzene rings is 1. The van der Waals surface area contributed by atoms with Gasteiger partial charge in [-0.3, -0.25) is 19.2 Å². The van der Waals surface area contributed by atoms with Gasteiger partial charge in [-0.1, -0.05) is 37.3 Å². The molecule has 0 radical (unpaired) electrons. The van der Waals surface area contributed by atoms with E-state index < -0.39 is 11.9 Å². The molecule has 0 spiro atoms. The molecule has 4 N–H and O–H groups in total. The van der Waals surface area contributed by atoms with Crippen molar-refractivity contribution >= 4 is 35.3 Å². The third kappa shape index (κ3) is 8.66. The standard InChI is InChI=1S/C18H25N3O4S/c1-12(18(25)20-9-16(19)23)10-26-11-17(24)21-15(13(2)22)8-14-6-4-3-5-7-14/h3-7,12,15H,8-11H2,1-2H3,(H2,19,23)(H,20,25)(H,21,24). The van der Waals surface area contributed by atoms with E-state index in [0.717, 1.165) is 5.56 Å². The van der Waals surface area contributed by atoms with Crippen LogP contribution in [0, 0.1) is 5.92 Å². The van der Waals surface area contributed by atoms with Crippen molar-refractivity contribution in [3.05, 3.63) is 35.9 Å². The van der Waals surface area contributed by atoms with Crippen LogP contribution >= 0.6 is 11.8 Å². The molecule has 0 aliphatic rings. The lowest BCUT2D eigenvalue weighted by Gasteiger charge is -2.16. The molecule has 2 unspecified atom stereocenters. The number of rotatable bonds is 11. The molecule has 0 bridgehead atoms. The summed E-state index contributed by atoms with van der Waals surface area (Å²) in [6, 6.07) is 8.90. The molecule has 0 heterocycles. The Hall–Kier alpha value is -2.35. The summed E-state index contributed by atoms with van der Waals surface area (Å²) in [6.07, 6.45) is 0.443. The summed E-state index contributed by atoms with van der Waals surface area (Å²) in [5.74, 6) is -1.05. The molecule has 7 nitrogen and oxygen atoms in total. The molecule has 26 heavy (non-hydrogen) atoms. The van der Waals surface area contributed by atoms with Crippen LogP contribution in [-0.2, 0) is 25.6 Å². The van der Waals surface area contributed by atoms with Gasteiger partial charge in [-0.15, -0.1) is 0 Å². The Morgan fingerprint density at radius 1 is 1.15 bits per heavy atom. The molecule has 2 atom stereocenters. The number of ketones is 1. The number of Topliss-reactive ketones (excluding diaryl/α,β-unsaturated/α-hetero) is 1. The Bertz CT molecular complexity index is 637. The van der Waals surface area contributed by atoms with E-state index in [1.54, 1.807) is 6.92 Å². The summed E-state index contributed by atoms with van der Waals surface area (Å²) in [5, 5.41) is 5.16. The van der Waals surface area contributed by atoms with E-state index in [1.165, 1.54) is 18.7 Å². The molecular weight excluding hydrogens is 354 g/mol. The molecule has 1 aromatic carbocycles. The fourth-order valence-electron chi connectivity index (χ4n) is 2.13. The van der Waals surface area contributed by atoms with Gasteiger partial charge in [-0.2, -0.15) is 11.8 Å². The van der Waals surface area contributed by atoms with Gasteiger partial charge in [0.1, 0.15) is 0 Å². The summed E-state index contributed by atoms with van der Waals surface area (Å²) in [6.45, 7) is 2.95. The van der Waals surface area contributed by atoms with Crippen molar-refractivity contribution in [2.24, 2.45) is 11.7 Å². The molecule has 0 aromatic heterocycles. The van der Waals surface area contributed by atoms with Crippen LogP contribution in [0.5, 0.6) is 0 Å². The predicted molar refractivity (Wildman–Crippen MR) is 101 cm³/mol. The van der Waals surface area contributed by atoms with E-state index in [1.807, 2.05) is 30.3 Å². The highest BCUT2D eigenvalue weighted by Crippen LogP contribution is 2.09. The normalized spacial score (nSPS) is 12.7. The molecule has 0 saturated heterocycles. The zero-order valence-electron chi connectivity index (χ0n) is 15.0. The highest BCUT2D eigenvalue weighted by atomic mass is 32.2. The summed E-state index contributed by atoms with van der Waals surface area (Å²) in [7, 11) is 0. The van der Waals surface area contributed by atoms with Crippen molar-refractivity contribution < 1.29 is 19.2 Å². The van der Waals surface area contributed by atoms with E-state index in [9.17, 15) is 19.2 Å². The molecular formula is C18H25N3O4S. The molecule has 3 amide bonds. The van der Waals surface area contributed by atoms with Crippen LogP contribution in [0.1, 0.15) is 19.4 Å². The largest absolute Gasteiger partial charge is 0.368 e. The first-order chi connectivity index (χ1) is 12.3. The summed E-state index contributed by atoms with van der Waals surface area (Å²) in [4.78, 5) is 46.2. The monoisotopic (exact) mass is 379 g/mol. The first-order valence-corrected chi connectivity index (χ1v) is 9.42. The fraction of sp³-hybridized carbons (Fsp3) is 0.444. The van der Waals surface area contributed by atoms with Crippen LogP contribution in [0.4, 0.5) is 0 Å². The van der Waals surface area contributed by atoms with Gasteiger partial charge in [0.15, 0.2) is 5.78 Å². The highest BCUT2D eigenvalue weighted by Gasteiger charge is 2.18. The third-order valence-electron chi connectivity index (χ3n) is 3.59. The Morgan fingerprint density at radius 2 is 1.81 bits per heavy atom. The molecule has 8 heteroatoms. The Kier molecular flexibility index (Phi) is 9.43. The molecule has 0 fully saturated rings. The fourth-order valence-corrected chi connectivity index (χ4v) is 3.03. The summed E-state index contributed by atoms with van der Waals surface area (Å²) in [5.41, 5.74) is 5.94. The second kappa shape index (κ2) is 11.3. The topological polar surface area (TPSA) is 118 Å². The van der Waals surface area contributed by atoms with E-state index in [4.69, 9.17) is 5.73 Å². The Balaban J connectivity index is 2.38. The smallest absolute Gasteiger partial charge is 0.236 e. The number of hydrogen-bond acceptors (Lipinski definition) is 5. The first-order valence-electron chi connectivity index (χ1n) is 8.27. The zero-order valence-corrected chi connectivity index (χ0v) is 15.8. The van der Waals surface area contributed by atoms with Crippen molar-refractivity contribution in [3.63, 3.8) is 0 Å². The van der Waals surface area contributed by atoms with Crippen molar-refractivity contribution in [2.75, 3.05) is 18.1 Å². The third-order valence-corrected chi connectivity index (χ3v) is 4.80. The van der Waals surface area contributed by atoms with Gasteiger partial charge >= 0.3 is 0 Å². The second-order valence-corrected chi connectivity index (χ2v) is 7.05. The molecule has 1 aromatic rings. The quantitative estimate of drug-likeness (QED) is 0.510. The molecule has 0 aliphatic carbocycles. The van der Waals surface area contributed by atoms with Gasteiger partial charge in [0.2, 0.25) is 17.7 Å². The zero-order chi connectivity index (χ0) is 19.5. The maximum Gasteiger partial charge on any atom is 0.236 e. The van der Waals surface area contributed by atoms with E-state index >= 15 is 0 Å². The van der Waals surface area contributed by atoms with Crippen molar-refractivity contribution in [1.29, 1.82) is 0 Å². The predicted octanol–water partition coefficient (Wildman–Crippen LogP) is 0.274. The lowest BCUT2D eigenvalue weighted by Crippen LogP contribution is -2.42. The van der Waals surface area contributed by atoms with E-state index in [0.29, 0.717) is 12.2 Å². The lowest BCUT2D eigenvalue weighted by atomic mass is 10.0. The van der Waals surface area contributed by atoms with Gasteiger partial charge in [-0.25, -0.2) is 0 Å². The van der Waals surface area contributed by atoms with Gasteiger partial charge in [0, 0.05) is 11.7 Å². The maximum absolute atomic E-state index is 12.1. The minimum Gasteiger partial charge on any atom is -0.368 e. The lowest BCUT2D eigenvalue weighted by molar-refractivity contribution is -0.126. The number of nitrogens with two attached hydrogens (primary N) is 1. The van der Waals surface area contributed by atoms with E-state index in [2.05, 4.69) is 10.6 Å². The van der Waals surface area contributed by atoms with Crippen LogP contribution in [0.25, 0.3) is 0 Å². The van der Waals surface area contributed by atoms with Crippen LogP contribution in [0.15, 0.2) is 30.3 Å². The average Bonchev–Trinajstić information content (AvgIpc) is 2.59. The van der Waals surface area contributed by atoms with Gasteiger partial charge in [0.05, 0.1) is 18.3 Å². The van der Waals surface area contributed by atoms with Crippen LogP contribution in [0.3, 0.4) is 0 Å². The Labute approximate surface area is 157 Å². The average molecular weight is 379 g/mol. The van der Waals surface area contributed by atoms with Crippen LogP contribution in [-0.4, -0.2) is 47.6 Å². The van der Waals surface area contributed by atoms with Gasteiger partial charge in [-0.05, 0) is 18.9 Å². The molecule has 0 saturated carbocycles. The Morgan fingerprint density at radius 3 is 2.38 bits per heavy atom. The number of hydrogen-bond donors (Lipinski definition) is 3. The minimum atomic E-state index is -0.605. The number of nitrogens with one attached hydrogen (secondary N) is 2. The van der Waals surface area contributed by atoms with Gasteiger partial charge in [0.25, 0.3) is 0 Å². The van der Waals surface area contributed by atoms with Crippen LogP contribution < -0.4 is 16.4 Å². The number of carbonyl (C=O) groups excluding carboxylic acids is 4. The van der Waals surface area contributed by atoms with Crippen LogP contribution in [0.2, 0.25) is 0 Å². The number of amides is 3. The second-order valence-electron chi connectivity index (χ2n) is 6.02. The number of carbonyl (C=O) groups is 4. The van der Waals surface area contributed by atoms with Crippen molar-refractivity contribution in [2.45, 2.75) is 26.3 Å².